The fraction of sp³-hybridized carbons (Fsp3) is 0.364. The lowest BCUT2D eigenvalue weighted by Gasteiger charge is -2.35. The number of amides is 2. The fourth-order valence-electron chi connectivity index (χ4n) is 3.36. The van der Waals surface area contributed by atoms with Crippen molar-refractivity contribution in [1.82, 2.24) is 9.80 Å². The van der Waals surface area contributed by atoms with Gasteiger partial charge in [0.1, 0.15) is 5.82 Å². The van der Waals surface area contributed by atoms with Crippen molar-refractivity contribution in [2.45, 2.75) is 25.7 Å². The van der Waals surface area contributed by atoms with E-state index in [1.54, 1.807) is 11.0 Å². The van der Waals surface area contributed by atoms with E-state index < -0.39 is 0 Å². The van der Waals surface area contributed by atoms with Crippen LogP contribution in [-0.4, -0.2) is 47.8 Å². The summed E-state index contributed by atoms with van der Waals surface area (Å²) >= 11 is 0. The first-order valence-electron chi connectivity index (χ1n) is 9.46. The van der Waals surface area contributed by atoms with Gasteiger partial charge in [0.25, 0.3) is 0 Å². The van der Waals surface area contributed by atoms with Crippen molar-refractivity contribution in [2.75, 3.05) is 26.2 Å². The van der Waals surface area contributed by atoms with Crippen LogP contribution in [0.25, 0.3) is 0 Å². The summed E-state index contributed by atoms with van der Waals surface area (Å²) in [5, 5.41) is 0. The number of hydrogen-bond donors (Lipinski definition) is 0. The predicted molar refractivity (Wildman–Crippen MR) is 103 cm³/mol. The number of piperazine rings is 1. The van der Waals surface area contributed by atoms with E-state index in [9.17, 15) is 14.0 Å². The molecule has 0 aromatic heterocycles. The standard InChI is InChI=1S/C22H25FN2O2/c23-20-8-4-7-19(17-20)10-12-22(27)25-15-13-24(14-16-25)21(26)11-9-18-5-2-1-3-6-18/h1-8,17H,9-16H2. The Morgan fingerprint density at radius 3 is 1.81 bits per heavy atom. The summed E-state index contributed by atoms with van der Waals surface area (Å²) in [4.78, 5) is 28.4. The van der Waals surface area contributed by atoms with Crippen LogP contribution in [0.2, 0.25) is 0 Å². The van der Waals surface area contributed by atoms with Crippen LogP contribution in [0.4, 0.5) is 4.39 Å². The number of hydrogen-bond acceptors (Lipinski definition) is 2. The van der Waals surface area contributed by atoms with Crippen LogP contribution in [0.3, 0.4) is 0 Å². The van der Waals surface area contributed by atoms with Crippen molar-refractivity contribution >= 4 is 11.8 Å². The van der Waals surface area contributed by atoms with Crippen molar-refractivity contribution in [3.8, 4) is 0 Å². The topological polar surface area (TPSA) is 40.6 Å². The van der Waals surface area contributed by atoms with Gasteiger partial charge in [0, 0.05) is 39.0 Å². The van der Waals surface area contributed by atoms with Crippen LogP contribution in [-0.2, 0) is 22.4 Å². The maximum Gasteiger partial charge on any atom is 0.223 e. The summed E-state index contributed by atoms with van der Waals surface area (Å²) in [5.41, 5.74) is 2.00. The zero-order chi connectivity index (χ0) is 19.1. The highest BCUT2D eigenvalue weighted by Gasteiger charge is 2.23. The third-order valence-electron chi connectivity index (χ3n) is 4.97. The SMILES string of the molecule is O=C(CCc1ccccc1)N1CCN(C(=O)CCc2cccc(F)c2)CC1. The van der Waals surface area contributed by atoms with Crippen LogP contribution in [0.1, 0.15) is 24.0 Å². The molecule has 27 heavy (non-hydrogen) atoms. The van der Waals surface area contributed by atoms with E-state index in [0.717, 1.165) is 17.5 Å². The monoisotopic (exact) mass is 368 g/mol. The molecule has 0 atom stereocenters. The predicted octanol–water partition coefficient (Wildman–Crippen LogP) is 3.06. The maximum absolute atomic E-state index is 13.2. The molecule has 0 saturated carbocycles. The van der Waals surface area contributed by atoms with E-state index in [-0.39, 0.29) is 17.6 Å². The average molecular weight is 368 g/mol. The molecule has 1 heterocycles. The van der Waals surface area contributed by atoms with E-state index in [4.69, 9.17) is 0 Å². The lowest BCUT2D eigenvalue weighted by atomic mass is 10.1. The number of nitrogens with zero attached hydrogens (tertiary/aromatic N) is 2. The number of rotatable bonds is 6. The fourth-order valence-corrected chi connectivity index (χ4v) is 3.36. The first kappa shape index (κ1) is 19.1. The van der Waals surface area contributed by atoms with Crippen molar-refractivity contribution < 1.29 is 14.0 Å². The summed E-state index contributed by atoms with van der Waals surface area (Å²) in [5.74, 6) is -0.0658. The van der Waals surface area contributed by atoms with Gasteiger partial charge in [-0.05, 0) is 36.1 Å². The van der Waals surface area contributed by atoms with Crippen LogP contribution < -0.4 is 0 Å². The van der Waals surface area contributed by atoms with Gasteiger partial charge in [-0.15, -0.1) is 0 Å². The van der Waals surface area contributed by atoms with Crippen LogP contribution in [0.5, 0.6) is 0 Å². The molecule has 1 aliphatic heterocycles. The Morgan fingerprint density at radius 1 is 0.741 bits per heavy atom. The second-order valence-electron chi connectivity index (χ2n) is 6.88. The largest absolute Gasteiger partial charge is 0.339 e. The van der Waals surface area contributed by atoms with E-state index >= 15 is 0 Å². The smallest absolute Gasteiger partial charge is 0.223 e. The van der Waals surface area contributed by atoms with Gasteiger partial charge in [-0.3, -0.25) is 9.59 Å². The second-order valence-corrected chi connectivity index (χ2v) is 6.88. The van der Waals surface area contributed by atoms with Gasteiger partial charge in [0.2, 0.25) is 11.8 Å². The highest BCUT2D eigenvalue weighted by Crippen LogP contribution is 2.11. The zero-order valence-corrected chi connectivity index (χ0v) is 15.4. The molecule has 0 N–H and O–H groups in total. The molecule has 1 aliphatic rings. The first-order valence-corrected chi connectivity index (χ1v) is 9.46. The number of aryl methyl sites for hydroxylation is 2. The number of carbonyl (C=O) groups excluding carboxylic acids is 2. The Bertz CT molecular complexity index is 771. The third-order valence-corrected chi connectivity index (χ3v) is 4.97. The molecule has 1 fully saturated rings. The van der Waals surface area contributed by atoms with Crippen LogP contribution in [0, 0.1) is 5.82 Å². The molecular weight excluding hydrogens is 343 g/mol. The van der Waals surface area contributed by atoms with Gasteiger partial charge < -0.3 is 9.80 Å². The van der Waals surface area contributed by atoms with Crippen molar-refractivity contribution in [3.63, 3.8) is 0 Å². The molecule has 5 heteroatoms. The van der Waals surface area contributed by atoms with Crippen molar-refractivity contribution in [1.29, 1.82) is 0 Å². The van der Waals surface area contributed by atoms with E-state index in [0.29, 0.717) is 45.4 Å². The molecule has 3 rings (SSSR count). The molecule has 2 aromatic rings. The lowest BCUT2D eigenvalue weighted by molar-refractivity contribution is -0.139. The minimum Gasteiger partial charge on any atom is -0.339 e. The van der Waals surface area contributed by atoms with Gasteiger partial charge in [-0.25, -0.2) is 4.39 Å². The summed E-state index contributed by atoms with van der Waals surface area (Å²) in [6.45, 7) is 2.30. The third kappa shape index (κ3) is 5.64. The average Bonchev–Trinajstić information content (AvgIpc) is 2.71. The zero-order valence-electron chi connectivity index (χ0n) is 15.4. The Balaban J connectivity index is 1.40. The quantitative estimate of drug-likeness (QED) is 0.786. The highest BCUT2D eigenvalue weighted by atomic mass is 19.1. The molecule has 2 aromatic carbocycles. The van der Waals surface area contributed by atoms with Gasteiger partial charge in [-0.2, -0.15) is 0 Å². The van der Waals surface area contributed by atoms with Gasteiger partial charge in [0.15, 0.2) is 0 Å². The van der Waals surface area contributed by atoms with Crippen molar-refractivity contribution in [2.24, 2.45) is 0 Å². The molecule has 4 nitrogen and oxygen atoms in total. The molecule has 0 spiro atoms. The number of halogens is 1. The first-order chi connectivity index (χ1) is 13.1. The molecule has 0 unspecified atom stereocenters. The Labute approximate surface area is 159 Å². The Hall–Kier alpha value is -2.69. The lowest BCUT2D eigenvalue weighted by Crippen LogP contribution is -2.50. The van der Waals surface area contributed by atoms with Crippen molar-refractivity contribution in [3.05, 3.63) is 71.5 Å². The molecule has 142 valence electrons. The minimum atomic E-state index is -0.275. The summed E-state index contributed by atoms with van der Waals surface area (Å²) in [6.07, 6.45) is 2.14. The second kappa shape index (κ2) is 9.31. The van der Waals surface area contributed by atoms with Gasteiger partial charge >= 0.3 is 0 Å². The molecule has 2 amide bonds. The molecular formula is C22H25FN2O2. The molecule has 0 aliphatic carbocycles. The molecule has 0 bridgehead atoms. The highest BCUT2D eigenvalue weighted by molar-refractivity contribution is 5.78. The summed E-state index contributed by atoms with van der Waals surface area (Å²) < 4.78 is 13.2. The Morgan fingerprint density at radius 2 is 1.26 bits per heavy atom. The van der Waals surface area contributed by atoms with Crippen LogP contribution >= 0.6 is 0 Å². The number of benzene rings is 2. The van der Waals surface area contributed by atoms with Crippen LogP contribution in [0.15, 0.2) is 54.6 Å². The molecule has 1 saturated heterocycles. The number of carbonyl (C=O) groups is 2. The maximum atomic E-state index is 13.2. The normalized spacial score (nSPS) is 14.3. The Kier molecular flexibility index (Phi) is 6.58. The van der Waals surface area contributed by atoms with E-state index in [1.807, 2.05) is 41.3 Å². The molecule has 0 radical (unpaired) electrons. The minimum absolute atomic E-state index is 0.0654. The van der Waals surface area contributed by atoms with Gasteiger partial charge in [0.05, 0.1) is 0 Å². The van der Waals surface area contributed by atoms with E-state index in [1.165, 1.54) is 12.1 Å². The van der Waals surface area contributed by atoms with Gasteiger partial charge in [-0.1, -0.05) is 42.5 Å². The van der Waals surface area contributed by atoms with E-state index in [2.05, 4.69) is 0 Å². The summed E-state index contributed by atoms with van der Waals surface area (Å²) in [6, 6.07) is 16.4. The summed E-state index contributed by atoms with van der Waals surface area (Å²) in [7, 11) is 0.